The van der Waals surface area contributed by atoms with Crippen molar-refractivity contribution in [2.75, 3.05) is 24.3 Å². The van der Waals surface area contributed by atoms with E-state index in [0.29, 0.717) is 22.7 Å². The molecule has 4 aromatic rings. The minimum Gasteiger partial charge on any atom is -0.497 e. The van der Waals surface area contributed by atoms with Crippen LogP contribution in [0, 0.1) is 6.92 Å². The van der Waals surface area contributed by atoms with Crippen molar-refractivity contribution in [1.82, 2.24) is 9.47 Å². The van der Waals surface area contributed by atoms with E-state index >= 15 is 0 Å². The Morgan fingerprint density at radius 2 is 1.62 bits per heavy atom. The van der Waals surface area contributed by atoms with E-state index in [2.05, 4.69) is 10.6 Å². The van der Waals surface area contributed by atoms with Crippen molar-refractivity contribution < 1.29 is 23.9 Å². The molecular weight excluding hydrogens is 528 g/mol. The van der Waals surface area contributed by atoms with Gasteiger partial charge in [0.25, 0.3) is 11.1 Å². The molecule has 0 radical (unpaired) electrons. The van der Waals surface area contributed by atoms with E-state index in [1.165, 1.54) is 0 Å². The van der Waals surface area contributed by atoms with Crippen LogP contribution in [0.5, 0.6) is 5.75 Å². The highest BCUT2D eigenvalue weighted by atomic mass is 32.2. The molecule has 1 aliphatic rings. The van der Waals surface area contributed by atoms with Crippen molar-refractivity contribution in [3.63, 3.8) is 0 Å². The first kappa shape index (κ1) is 26.8. The van der Waals surface area contributed by atoms with Gasteiger partial charge in [0.1, 0.15) is 18.8 Å². The highest BCUT2D eigenvalue weighted by Crippen LogP contribution is 2.34. The molecule has 0 bridgehead atoms. The SMILES string of the molecule is COc1ccc(NC(=O)CN2C(=O)S/C(=C/c3cn(CC(=O)Nc4cccc(C)c4)c4ccccc34)C2=O)cc1. The van der Waals surface area contributed by atoms with Gasteiger partial charge in [-0.3, -0.25) is 24.1 Å². The van der Waals surface area contributed by atoms with Crippen molar-refractivity contribution >= 4 is 63.1 Å². The van der Waals surface area contributed by atoms with Gasteiger partial charge in [-0.2, -0.15) is 0 Å². The van der Waals surface area contributed by atoms with Gasteiger partial charge in [-0.25, -0.2) is 0 Å². The Morgan fingerprint density at radius 3 is 2.38 bits per heavy atom. The first-order valence-electron chi connectivity index (χ1n) is 12.4. The second kappa shape index (κ2) is 11.5. The minimum absolute atomic E-state index is 0.0648. The number of amides is 4. The summed E-state index contributed by atoms with van der Waals surface area (Å²) < 4.78 is 6.91. The molecular formula is C30H26N4O5S. The standard InChI is InChI=1S/C30H26N4O5S/c1-19-6-5-7-22(14-19)32-27(35)17-33-16-20(24-8-3-4-9-25(24)33)15-26-29(37)34(30(38)40-26)18-28(36)31-21-10-12-23(39-2)13-11-21/h3-16H,17-18H2,1-2H3,(H,31,36)(H,32,35)/b26-15+. The third kappa shape index (κ3) is 5.92. The van der Waals surface area contributed by atoms with E-state index in [-0.39, 0.29) is 17.4 Å². The van der Waals surface area contributed by atoms with E-state index in [4.69, 9.17) is 4.74 Å². The van der Waals surface area contributed by atoms with Crippen LogP contribution in [0.25, 0.3) is 17.0 Å². The number of benzene rings is 3. The molecule has 2 N–H and O–H groups in total. The second-order valence-corrected chi connectivity index (χ2v) is 10.2. The average Bonchev–Trinajstić information content (AvgIpc) is 3.40. The summed E-state index contributed by atoms with van der Waals surface area (Å²) >= 11 is 0.778. The lowest BCUT2D eigenvalue weighted by Gasteiger charge is -2.12. The maximum absolute atomic E-state index is 13.1. The van der Waals surface area contributed by atoms with E-state index in [1.807, 2.05) is 55.5 Å². The number of anilines is 2. The fraction of sp³-hybridized carbons (Fsp3) is 0.133. The van der Waals surface area contributed by atoms with Gasteiger partial charge in [0, 0.05) is 34.0 Å². The zero-order valence-corrected chi connectivity index (χ0v) is 22.7. The monoisotopic (exact) mass is 554 g/mol. The molecule has 3 aromatic carbocycles. The van der Waals surface area contributed by atoms with Crippen LogP contribution >= 0.6 is 11.8 Å². The molecule has 1 aromatic heterocycles. The predicted molar refractivity (Wildman–Crippen MR) is 156 cm³/mol. The van der Waals surface area contributed by atoms with Crippen molar-refractivity contribution in [2.24, 2.45) is 0 Å². The summed E-state index contributed by atoms with van der Waals surface area (Å²) in [5.41, 5.74) is 3.77. The average molecular weight is 555 g/mol. The number of hydrogen-bond acceptors (Lipinski definition) is 6. The number of aryl methyl sites for hydroxylation is 1. The Hall–Kier alpha value is -4.83. The van der Waals surface area contributed by atoms with Gasteiger partial charge in [-0.1, -0.05) is 30.3 Å². The Morgan fingerprint density at radius 1 is 0.900 bits per heavy atom. The summed E-state index contributed by atoms with van der Waals surface area (Å²) in [5.74, 6) is -0.595. The van der Waals surface area contributed by atoms with Crippen molar-refractivity contribution in [1.29, 1.82) is 0 Å². The largest absolute Gasteiger partial charge is 0.497 e. The van der Waals surface area contributed by atoms with Gasteiger partial charge in [-0.05, 0) is 72.8 Å². The van der Waals surface area contributed by atoms with Crippen LogP contribution in [0.1, 0.15) is 11.1 Å². The maximum Gasteiger partial charge on any atom is 0.294 e. The number of thioether (sulfide) groups is 1. The highest BCUT2D eigenvalue weighted by Gasteiger charge is 2.36. The topological polar surface area (TPSA) is 110 Å². The Bertz CT molecular complexity index is 1660. The normalized spacial score (nSPS) is 14.2. The third-order valence-corrected chi connectivity index (χ3v) is 7.18. The number of fused-ring (bicyclic) bond motifs is 1. The summed E-state index contributed by atoms with van der Waals surface area (Å²) in [6.07, 6.45) is 3.41. The lowest BCUT2D eigenvalue weighted by molar-refractivity contribution is -0.127. The summed E-state index contributed by atoms with van der Waals surface area (Å²) in [5, 5.41) is 5.89. The van der Waals surface area contributed by atoms with E-state index in [1.54, 1.807) is 48.2 Å². The molecule has 0 aliphatic carbocycles. The molecule has 1 saturated heterocycles. The number of hydrogen-bond donors (Lipinski definition) is 2. The number of ether oxygens (including phenoxy) is 1. The van der Waals surface area contributed by atoms with Crippen molar-refractivity contribution in [3.05, 3.63) is 95.0 Å². The predicted octanol–water partition coefficient (Wildman–Crippen LogP) is 5.27. The minimum atomic E-state index is -0.547. The number of methoxy groups -OCH3 is 1. The van der Waals surface area contributed by atoms with E-state index in [9.17, 15) is 19.2 Å². The third-order valence-electron chi connectivity index (χ3n) is 6.27. The summed E-state index contributed by atoms with van der Waals surface area (Å²) in [4.78, 5) is 52.2. The number of aromatic nitrogens is 1. The van der Waals surface area contributed by atoms with Crippen LogP contribution in [0.4, 0.5) is 16.2 Å². The molecule has 202 valence electrons. The molecule has 2 heterocycles. The van der Waals surface area contributed by atoms with Gasteiger partial charge in [0.05, 0.1) is 12.0 Å². The molecule has 40 heavy (non-hydrogen) atoms. The Labute approximate surface area is 234 Å². The zero-order valence-electron chi connectivity index (χ0n) is 21.8. The number of rotatable bonds is 8. The van der Waals surface area contributed by atoms with Crippen molar-refractivity contribution in [3.8, 4) is 5.75 Å². The number of carbonyl (C=O) groups is 4. The lowest BCUT2D eigenvalue weighted by Crippen LogP contribution is -2.36. The van der Waals surface area contributed by atoms with Gasteiger partial charge in [0.2, 0.25) is 11.8 Å². The molecule has 9 nitrogen and oxygen atoms in total. The van der Waals surface area contributed by atoms with Crippen LogP contribution < -0.4 is 15.4 Å². The first-order valence-corrected chi connectivity index (χ1v) is 13.3. The smallest absolute Gasteiger partial charge is 0.294 e. The summed E-state index contributed by atoms with van der Waals surface area (Å²) in [7, 11) is 1.54. The summed E-state index contributed by atoms with van der Waals surface area (Å²) in [6.45, 7) is 1.61. The van der Waals surface area contributed by atoms with Gasteiger partial charge < -0.3 is 19.9 Å². The molecule has 0 atom stereocenters. The molecule has 4 amide bonds. The number of para-hydroxylation sites is 1. The number of nitrogens with zero attached hydrogens (tertiary/aromatic N) is 2. The summed E-state index contributed by atoms with van der Waals surface area (Å²) in [6, 6.07) is 21.8. The molecule has 0 unspecified atom stereocenters. The van der Waals surface area contributed by atoms with Gasteiger partial charge in [0.15, 0.2) is 0 Å². The Kier molecular flexibility index (Phi) is 7.70. The van der Waals surface area contributed by atoms with Crippen molar-refractivity contribution in [2.45, 2.75) is 13.5 Å². The fourth-order valence-corrected chi connectivity index (χ4v) is 5.22. The van der Waals surface area contributed by atoms with Crippen LogP contribution in [-0.4, -0.2) is 46.1 Å². The maximum atomic E-state index is 13.1. The Balaban J connectivity index is 1.31. The zero-order chi connectivity index (χ0) is 28.2. The molecule has 0 spiro atoms. The second-order valence-electron chi connectivity index (χ2n) is 9.19. The number of carbonyl (C=O) groups excluding carboxylic acids is 4. The first-order chi connectivity index (χ1) is 19.3. The van der Waals surface area contributed by atoms with Crippen LogP contribution in [-0.2, 0) is 20.9 Å². The molecule has 1 fully saturated rings. The fourth-order valence-electron chi connectivity index (χ4n) is 4.40. The van der Waals surface area contributed by atoms with Gasteiger partial charge in [-0.15, -0.1) is 0 Å². The number of imide groups is 1. The molecule has 10 heteroatoms. The van der Waals surface area contributed by atoms with Crippen LogP contribution in [0.15, 0.2) is 83.9 Å². The lowest BCUT2D eigenvalue weighted by atomic mass is 10.1. The molecule has 5 rings (SSSR count). The molecule has 0 saturated carbocycles. The quantitative estimate of drug-likeness (QED) is 0.287. The highest BCUT2D eigenvalue weighted by molar-refractivity contribution is 8.18. The van der Waals surface area contributed by atoms with E-state index in [0.717, 1.165) is 33.1 Å². The van der Waals surface area contributed by atoms with Gasteiger partial charge >= 0.3 is 0 Å². The number of nitrogens with one attached hydrogen (secondary N) is 2. The van der Waals surface area contributed by atoms with Crippen LogP contribution in [0.2, 0.25) is 0 Å². The molecule has 1 aliphatic heterocycles. The van der Waals surface area contributed by atoms with Crippen LogP contribution in [0.3, 0.4) is 0 Å². The van der Waals surface area contributed by atoms with E-state index < -0.39 is 23.6 Å².